The van der Waals surface area contributed by atoms with E-state index in [9.17, 15) is 14.0 Å². The first-order valence-electron chi connectivity index (χ1n) is 13.5. The summed E-state index contributed by atoms with van der Waals surface area (Å²) in [5.41, 5.74) is 8.44. The number of amides is 2. The van der Waals surface area contributed by atoms with Gasteiger partial charge in [0.25, 0.3) is 5.91 Å². The fraction of sp³-hybridized carbons (Fsp3) is 0.345. The van der Waals surface area contributed by atoms with Crippen molar-refractivity contribution in [3.05, 3.63) is 71.8 Å². The summed E-state index contributed by atoms with van der Waals surface area (Å²) in [5, 5.41) is 11.7. The lowest BCUT2D eigenvalue weighted by atomic mass is 9.75. The fourth-order valence-corrected chi connectivity index (χ4v) is 5.88. The molecule has 6 rings (SSSR count). The van der Waals surface area contributed by atoms with Crippen molar-refractivity contribution < 1.29 is 23.5 Å². The van der Waals surface area contributed by atoms with Crippen LogP contribution in [0.3, 0.4) is 0 Å². The Kier molecular flexibility index (Phi) is 6.68. The maximum absolute atomic E-state index is 14.6. The highest BCUT2D eigenvalue weighted by molar-refractivity contribution is 5.95. The largest absolute Gasteiger partial charge is 0.501 e. The Hall–Kier alpha value is -4.74. The van der Waals surface area contributed by atoms with Gasteiger partial charge in [-0.1, -0.05) is 6.07 Å². The second-order valence-corrected chi connectivity index (χ2v) is 10.4. The molecule has 2 aliphatic rings. The minimum absolute atomic E-state index is 0.163. The molecule has 1 saturated heterocycles. The van der Waals surface area contributed by atoms with E-state index in [1.165, 1.54) is 19.2 Å². The Balaban J connectivity index is 1.38. The number of H-pyrrole nitrogens is 1. The second kappa shape index (κ2) is 10.3. The van der Waals surface area contributed by atoms with E-state index in [1.807, 2.05) is 36.2 Å². The zero-order chi connectivity index (χ0) is 28.7. The highest BCUT2D eigenvalue weighted by atomic mass is 19.1. The lowest BCUT2D eigenvalue weighted by Gasteiger charge is -2.44. The quantitative estimate of drug-likeness (QED) is 0.315. The number of methoxy groups -OCH3 is 1. The number of nitrogens with one attached hydrogen (secondary N) is 1. The Morgan fingerprint density at radius 2 is 2.12 bits per heavy atom. The van der Waals surface area contributed by atoms with Crippen LogP contribution in [0.15, 0.2) is 49.0 Å². The van der Waals surface area contributed by atoms with Crippen molar-refractivity contribution in [2.45, 2.75) is 37.6 Å². The van der Waals surface area contributed by atoms with E-state index in [2.05, 4.69) is 15.2 Å². The first kappa shape index (κ1) is 26.5. The van der Waals surface area contributed by atoms with E-state index >= 15 is 0 Å². The third-order valence-corrected chi connectivity index (χ3v) is 8.07. The number of rotatable bonds is 8. The van der Waals surface area contributed by atoms with Crippen LogP contribution in [0, 0.1) is 11.7 Å². The zero-order valence-electron chi connectivity index (χ0n) is 22.7. The molecule has 5 heterocycles. The molecule has 0 bridgehead atoms. The number of carbonyl (C=O) groups is 2. The van der Waals surface area contributed by atoms with Gasteiger partial charge in [-0.05, 0) is 44.4 Å². The first-order valence-corrected chi connectivity index (χ1v) is 13.5. The summed E-state index contributed by atoms with van der Waals surface area (Å²) in [6.07, 6.45) is 8.21. The zero-order valence-corrected chi connectivity index (χ0v) is 22.7. The van der Waals surface area contributed by atoms with Crippen LogP contribution in [-0.4, -0.2) is 67.3 Å². The van der Waals surface area contributed by atoms with E-state index in [-0.39, 0.29) is 35.3 Å². The van der Waals surface area contributed by atoms with Crippen molar-refractivity contribution in [3.8, 4) is 17.1 Å². The highest BCUT2D eigenvalue weighted by Crippen LogP contribution is 2.54. The average Bonchev–Trinajstić information content (AvgIpc) is 3.39. The van der Waals surface area contributed by atoms with Crippen LogP contribution in [0.2, 0.25) is 0 Å². The van der Waals surface area contributed by atoms with Crippen LogP contribution in [0.4, 0.5) is 4.39 Å². The number of piperidine rings is 1. The molecule has 2 atom stereocenters. The van der Waals surface area contributed by atoms with E-state index in [0.717, 1.165) is 30.1 Å². The lowest BCUT2D eigenvalue weighted by Crippen LogP contribution is -2.53. The van der Waals surface area contributed by atoms with Gasteiger partial charge in [-0.25, -0.2) is 13.9 Å². The van der Waals surface area contributed by atoms with Crippen molar-refractivity contribution in [1.82, 2.24) is 29.7 Å². The summed E-state index contributed by atoms with van der Waals surface area (Å²) in [6.45, 7) is 2.64. The first-order chi connectivity index (χ1) is 19.8. The number of ether oxygens (including phenoxy) is 2. The summed E-state index contributed by atoms with van der Waals surface area (Å²) in [6, 6.07) is 8.67. The van der Waals surface area contributed by atoms with E-state index in [0.29, 0.717) is 18.7 Å². The van der Waals surface area contributed by atoms with Crippen LogP contribution in [0.25, 0.3) is 22.9 Å². The molecule has 12 heteroatoms. The van der Waals surface area contributed by atoms with Crippen molar-refractivity contribution >= 4 is 23.4 Å². The molecule has 2 fully saturated rings. The van der Waals surface area contributed by atoms with Gasteiger partial charge in [-0.2, -0.15) is 10.2 Å². The van der Waals surface area contributed by atoms with Crippen molar-refractivity contribution in [3.63, 3.8) is 0 Å². The van der Waals surface area contributed by atoms with Crippen LogP contribution in [0.1, 0.15) is 53.8 Å². The molecule has 1 aliphatic carbocycles. The van der Waals surface area contributed by atoms with Crippen LogP contribution in [-0.2, 0) is 9.53 Å². The Bertz CT molecular complexity index is 1660. The monoisotopic (exact) mass is 559 g/mol. The second-order valence-electron chi connectivity index (χ2n) is 10.4. The van der Waals surface area contributed by atoms with Gasteiger partial charge in [-0.3, -0.25) is 14.7 Å². The topological polar surface area (TPSA) is 141 Å². The van der Waals surface area contributed by atoms with Crippen molar-refractivity contribution in [2.24, 2.45) is 11.7 Å². The number of pyridine rings is 2. The van der Waals surface area contributed by atoms with Crippen molar-refractivity contribution in [1.29, 1.82) is 0 Å². The van der Waals surface area contributed by atoms with Gasteiger partial charge in [0.1, 0.15) is 5.69 Å². The fourth-order valence-electron chi connectivity index (χ4n) is 5.88. The number of likely N-dealkylation sites (tertiary alicyclic amines) is 1. The van der Waals surface area contributed by atoms with Gasteiger partial charge in [0.05, 0.1) is 43.1 Å². The molecular formula is C29H30FN7O4. The molecule has 2 amide bonds. The molecule has 11 nitrogen and oxygen atoms in total. The third kappa shape index (κ3) is 4.68. The number of aromatic nitrogens is 5. The summed E-state index contributed by atoms with van der Waals surface area (Å²) in [4.78, 5) is 32.6. The van der Waals surface area contributed by atoms with Gasteiger partial charge in [0.15, 0.2) is 5.82 Å². The molecule has 1 spiro atoms. The van der Waals surface area contributed by atoms with Crippen LogP contribution in [0.5, 0.6) is 5.88 Å². The summed E-state index contributed by atoms with van der Waals surface area (Å²) >= 11 is 0. The molecular weight excluding hydrogens is 529 g/mol. The van der Waals surface area contributed by atoms with E-state index < -0.39 is 29.1 Å². The predicted octanol–water partition coefficient (Wildman–Crippen LogP) is 3.54. The van der Waals surface area contributed by atoms with Crippen LogP contribution < -0.4 is 10.5 Å². The molecule has 4 aromatic heterocycles. The van der Waals surface area contributed by atoms with Gasteiger partial charge >= 0.3 is 0 Å². The maximum Gasteiger partial charge on any atom is 0.272 e. The lowest BCUT2D eigenvalue weighted by molar-refractivity contribution is -0.124. The Labute approximate surface area is 235 Å². The smallest absolute Gasteiger partial charge is 0.272 e. The standard InChI is InChI=1S/C29H30FN7O4/c1-3-41-11-7-21-26(24-6-4-5-10-37(24)35-21)19-16-36(29(8-9-29)14-18(19)27(31)38)28(39)23-13-22(33-34-23)17-12-25(40-2)32-15-20(17)30/h4-7,10-13,15,18-19H,3,8-9,14,16H2,1-2H3,(H2,31,38)(H,33,34). The molecule has 4 aromatic rings. The number of aromatic amines is 1. The number of carbonyl (C=O) groups excluding carboxylic acids is 2. The molecule has 1 aliphatic heterocycles. The minimum Gasteiger partial charge on any atom is -0.501 e. The Morgan fingerprint density at radius 3 is 2.85 bits per heavy atom. The number of fused-ring (bicyclic) bond motifs is 1. The van der Waals surface area contributed by atoms with Crippen LogP contribution >= 0.6 is 0 Å². The number of hydrogen-bond donors (Lipinski definition) is 2. The van der Waals surface area contributed by atoms with Gasteiger partial charge in [0, 0.05) is 53.4 Å². The average molecular weight is 560 g/mol. The van der Waals surface area contributed by atoms with Gasteiger partial charge < -0.3 is 20.1 Å². The number of primary amides is 1. The van der Waals surface area contributed by atoms with E-state index in [1.54, 1.807) is 16.9 Å². The molecule has 41 heavy (non-hydrogen) atoms. The number of nitrogens with zero attached hydrogens (tertiary/aromatic N) is 5. The Morgan fingerprint density at radius 1 is 1.29 bits per heavy atom. The molecule has 212 valence electrons. The van der Waals surface area contributed by atoms with Gasteiger partial charge in [0.2, 0.25) is 11.8 Å². The normalized spacial score (nSPS) is 19.6. The predicted molar refractivity (Wildman–Crippen MR) is 147 cm³/mol. The number of nitrogens with two attached hydrogens (primary N) is 1. The molecule has 1 saturated carbocycles. The summed E-state index contributed by atoms with van der Waals surface area (Å²) in [5.74, 6) is -1.95. The molecule has 0 aromatic carbocycles. The number of hydrogen-bond acceptors (Lipinski definition) is 7. The maximum atomic E-state index is 14.6. The molecule has 0 radical (unpaired) electrons. The molecule has 2 unspecified atom stereocenters. The summed E-state index contributed by atoms with van der Waals surface area (Å²) in [7, 11) is 1.44. The van der Waals surface area contributed by atoms with Crippen molar-refractivity contribution in [2.75, 3.05) is 20.3 Å². The van der Waals surface area contributed by atoms with E-state index in [4.69, 9.17) is 20.3 Å². The van der Waals surface area contributed by atoms with Gasteiger partial charge in [-0.15, -0.1) is 0 Å². The SMILES string of the molecule is CCOC=Cc1nn2ccccc2c1C1CN(C(=O)c2cc(-c3cc(OC)ncc3F)n[nH]2)C2(CC2)CC1C(N)=O. The molecule has 3 N–H and O–H groups in total. The summed E-state index contributed by atoms with van der Waals surface area (Å²) < 4.78 is 26.9. The number of halogens is 1. The highest BCUT2D eigenvalue weighted by Gasteiger charge is 2.57. The third-order valence-electron chi connectivity index (χ3n) is 8.07. The minimum atomic E-state index is -0.585.